The Morgan fingerprint density at radius 3 is 2.67 bits per heavy atom. The molecule has 1 unspecified atom stereocenters. The van der Waals surface area contributed by atoms with Crippen LogP contribution >= 0.6 is 0 Å². The monoisotopic (exact) mass is 293 g/mol. The number of carbonyl (C=O) groups is 1. The van der Waals surface area contributed by atoms with Gasteiger partial charge in [0.15, 0.2) is 5.82 Å². The summed E-state index contributed by atoms with van der Waals surface area (Å²) >= 11 is 0. The number of aromatic nitrogens is 5. The Balaban J connectivity index is 2.05. The SMILES string of the molecule is CCn1nc(C)c(NC(=O)NC(C)c2n[nH]c(=O)[nH]2)c1C. The molecule has 0 spiro atoms. The highest BCUT2D eigenvalue weighted by atomic mass is 16.2. The van der Waals surface area contributed by atoms with Crippen LogP contribution in [0.1, 0.15) is 37.1 Å². The molecular weight excluding hydrogens is 274 g/mol. The Hall–Kier alpha value is -2.58. The first-order chi connectivity index (χ1) is 9.92. The molecule has 2 rings (SSSR count). The molecule has 21 heavy (non-hydrogen) atoms. The summed E-state index contributed by atoms with van der Waals surface area (Å²) in [4.78, 5) is 25.5. The molecule has 0 aliphatic heterocycles. The van der Waals surface area contributed by atoms with Crippen LogP contribution in [0.4, 0.5) is 10.5 Å². The van der Waals surface area contributed by atoms with Crippen LogP contribution in [-0.4, -0.2) is 31.0 Å². The van der Waals surface area contributed by atoms with Crippen LogP contribution in [-0.2, 0) is 6.54 Å². The van der Waals surface area contributed by atoms with Gasteiger partial charge in [-0.15, -0.1) is 0 Å². The van der Waals surface area contributed by atoms with E-state index < -0.39 is 11.7 Å². The van der Waals surface area contributed by atoms with E-state index in [1.807, 2.05) is 25.5 Å². The van der Waals surface area contributed by atoms with Crippen molar-refractivity contribution in [2.75, 3.05) is 5.32 Å². The first-order valence-corrected chi connectivity index (χ1v) is 6.68. The fourth-order valence-electron chi connectivity index (χ4n) is 2.09. The number of hydrogen-bond acceptors (Lipinski definition) is 4. The fourth-order valence-corrected chi connectivity index (χ4v) is 2.09. The lowest BCUT2D eigenvalue weighted by atomic mass is 10.3. The average molecular weight is 293 g/mol. The minimum absolute atomic E-state index is 0.368. The average Bonchev–Trinajstić information content (AvgIpc) is 2.97. The minimum Gasteiger partial charge on any atom is -0.328 e. The Morgan fingerprint density at radius 2 is 2.14 bits per heavy atom. The van der Waals surface area contributed by atoms with E-state index >= 15 is 0 Å². The van der Waals surface area contributed by atoms with Crippen molar-refractivity contribution in [2.45, 2.75) is 40.3 Å². The number of amides is 2. The molecule has 2 aromatic heterocycles. The van der Waals surface area contributed by atoms with Crippen LogP contribution in [0.25, 0.3) is 0 Å². The van der Waals surface area contributed by atoms with E-state index in [1.54, 1.807) is 6.92 Å². The summed E-state index contributed by atoms with van der Waals surface area (Å²) in [6.45, 7) is 8.18. The number of aryl methyl sites for hydroxylation is 2. The maximum absolute atomic E-state index is 12.0. The van der Waals surface area contributed by atoms with E-state index in [0.717, 1.165) is 17.9 Å². The van der Waals surface area contributed by atoms with Gasteiger partial charge in [-0.25, -0.2) is 14.7 Å². The van der Waals surface area contributed by atoms with E-state index in [0.29, 0.717) is 11.5 Å². The standard InChI is InChI=1S/C12H19N7O2/c1-5-19-8(4)9(6(2)18-19)14-11(20)13-7(3)10-15-12(21)17-16-10/h7H,5H2,1-4H3,(H2,13,14,20)(H2,15,16,17,21). The van der Waals surface area contributed by atoms with Crippen LogP contribution in [0.15, 0.2) is 4.79 Å². The Morgan fingerprint density at radius 1 is 1.43 bits per heavy atom. The summed E-state index contributed by atoms with van der Waals surface area (Å²) < 4.78 is 1.82. The molecule has 0 aromatic carbocycles. The molecule has 1 atom stereocenters. The lowest BCUT2D eigenvalue weighted by molar-refractivity contribution is 0.249. The van der Waals surface area contributed by atoms with Gasteiger partial charge in [0.25, 0.3) is 0 Å². The van der Waals surface area contributed by atoms with Gasteiger partial charge < -0.3 is 10.6 Å². The maximum atomic E-state index is 12.0. The van der Waals surface area contributed by atoms with Crippen molar-refractivity contribution in [3.63, 3.8) is 0 Å². The number of carbonyl (C=O) groups excluding carboxylic acids is 1. The number of nitrogens with one attached hydrogen (secondary N) is 4. The van der Waals surface area contributed by atoms with E-state index in [9.17, 15) is 9.59 Å². The molecule has 9 nitrogen and oxygen atoms in total. The van der Waals surface area contributed by atoms with Gasteiger partial charge in [0, 0.05) is 6.54 Å². The second kappa shape index (κ2) is 5.81. The third-order valence-corrected chi connectivity index (χ3v) is 3.20. The van der Waals surface area contributed by atoms with Crippen molar-refractivity contribution in [3.8, 4) is 0 Å². The summed E-state index contributed by atoms with van der Waals surface area (Å²) in [6.07, 6.45) is 0. The highest BCUT2D eigenvalue weighted by molar-refractivity contribution is 5.90. The van der Waals surface area contributed by atoms with Crippen molar-refractivity contribution < 1.29 is 4.79 Å². The van der Waals surface area contributed by atoms with Gasteiger partial charge in [-0.2, -0.15) is 10.2 Å². The molecular formula is C12H19N7O2. The minimum atomic E-state index is -0.425. The lowest BCUT2D eigenvalue weighted by Crippen LogP contribution is -2.32. The van der Waals surface area contributed by atoms with Crippen molar-refractivity contribution in [2.24, 2.45) is 0 Å². The van der Waals surface area contributed by atoms with Crippen molar-refractivity contribution in [1.82, 2.24) is 30.3 Å². The molecule has 0 saturated heterocycles. The Bertz CT molecular complexity index is 697. The van der Waals surface area contributed by atoms with E-state index in [2.05, 4.69) is 30.9 Å². The van der Waals surface area contributed by atoms with Gasteiger partial charge in [-0.05, 0) is 27.7 Å². The summed E-state index contributed by atoms with van der Waals surface area (Å²) in [6, 6.07) is -0.806. The predicted molar refractivity (Wildman–Crippen MR) is 77.2 cm³/mol. The third kappa shape index (κ3) is 3.12. The molecule has 0 saturated carbocycles. The van der Waals surface area contributed by atoms with Crippen LogP contribution in [0.2, 0.25) is 0 Å². The molecule has 0 aliphatic carbocycles. The number of urea groups is 1. The van der Waals surface area contributed by atoms with Gasteiger partial charge in [0.2, 0.25) is 0 Å². The number of rotatable bonds is 4. The summed E-state index contributed by atoms with van der Waals surface area (Å²) in [5.74, 6) is 0.368. The zero-order valence-corrected chi connectivity index (χ0v) is 12.4. The molecule has 2 heterocycles. The van der Waals surface area contributed by atoms with E-state index in [4.69, 9.17) is 0 Å². The predicted octanol–water partition coefficient (Wildman–Crippen LogP) is 0.814. The number of hydrogen-bond donors (Lipinski definition) is 4. The van der Waals surface area contributed by atoms with Crippen molar-refractivity contribution >= 4 is 11.7 Å². The molecule has 2 amide bonds. The molecule has 0 aliphatic rings. The van der Waals surface area contributed by atoms with Crippen LogP contribution < -0.4 is 16.3 Å². The maximum Gasteiger partial charge on any atom is 0.340 e. The third-order valence-electron chi connectivity index (χ3n) is 3.20. The normalized spacial score (nSPS) is 12.2. The van der Waals surface area contributed by atoms with Gasteiger partial charge in [0.05, 0.1) is 23.1 Å². The first kappa shape index (κ1) is 14.8. The second-order valence-corrected chi connectivity index (χ2v) is 4.74. The molecule has 0 radical (unpaired) electrons. The topological polar surface area (TPSA) is 120 Å². The Labute approximate surface area is 121 Å². The van der Waals surface area contributed by atoms with Crippen LogP contribution in [0.3, 0.4) is 0 Å². The molecule has 4 N–H and O–H groups in total. The highest BCUT2D eigenvalue weighted by Crippen LogP contribution is 2.19. The largest absolute Gasteiger partial charge is 0.340 e. The summed E-state index contributed by atoms with van der Waals surface area (Å²) in [7, 11) is 0. The second-order valence-electron chi connectivity index (χ2n) is 4.74. The molecule has 2 aromatic rings. The number of aromatic amines is 2. The zero-order chi connectivity index (χ0) is 15.6. The van der Waals surface area contributed by atoms with Gasteiger partial charge in [-0.3, -0.25) is 9.67 Å². The van der Waals surface area contributed by atoms with Gasteiger partial charge in [0.1, 0.15) is 0 Å². The van der Waals surface area contributed by atoms with Gasteiger partial charge >= 0.3 is 11.7 Å². The molecule has 9 heteroatoms. The van der Waals surface area contributed by atoms with Gasteiger partial charge in [-0.1, -0.05) is 0 Å². The van der Waals surface area contributed by atoms with Crippen LogP contribution in [0.5, 0.6) is 0 Å². The number of anilines is 1. The zero-order valence-electron chi connectivity index (χ0n) is 12.4. The number of nitrogens with zero attached hydrogens (tertiary/aromatic N) is 3. The molecule has 114 valence electrons. The molecule has 0 bridgehead atoms. The van der Waals surface area contributed by atoms with Crippen LogP contribution in [0, 0.1) is 13.8 Å². The van der Waals surface area contributed by atoms with Crippen molar-refractivity contribution in [3.05, 3.63) is 27.7 Å². The highest BCUT2D eigenvalue weighted by Gasteiger charge is 2.16. The lowest BCUT2D eigenvalue weighted by Gasteiger charge is -2.12. The Kier molecular flexibility index (Phi) is 4.10. The van der Waals surface area contributed by atoms with Crippen molar-refractivity contribution in [1.29, 1.82) is 0 Å². The summed E-state index contributed by atoms with van der Waals surface area (Å²) in [5, 5.41) is 15.8. The smallest absolute Gasteiger partial charge is 0.328 e. The first-order valence-electron chi connectivity index (χ1n) is 6.68. The van der Waals surface area contributed by atoms with E-state index in [-0.39, 0.29) is 6.03 Å². The molecule has 0 fully saturated rings. The fraction of sp³-hybridized carbons (Fsp3) is 0.500. The van der Waals surface area contributed by atoms with E-state index in [1.165, 1.54) is 0 Å². The number of H-pyrrole nitrogens is 2. The summed E-state index contributed by atoms with van der Waals surface area (Å²) in [5.41, 5.74) is 1.93. The quantitative estimate of drug-likeness (QED) is 0.666.